The van der Waals surface area contributed by atoms with E-state index in [2.05, 4.69) is 184 Å². The van der Waals surface area contributed by atoms with Crippen molar-refractivity contribution in [2.75, 3.05) is 51.1 Å². The lowest BCUT2D eigenvalue weighted by molar-refractivity contribution is -0.0680. The minimum absolute atomic E-state index is 0.0112. The second-order valence-corrected chi connectivity index (χ2v) is 33.8. The van der Waals surface area contributed by atoms with Crippen molar-refractivity contribution >= 4 is 50.7 Å². The Morgan fingerprint density at radius 3 is 0.688 bits per heavy atom. The Bertz CT molecular complexity index is 2350. The second kappa shape index (κ2) is 27.1. The van der Waals surface area contributed by atoms with Crippen molar-refractivity contribution in [3.05, 3.63) is 117 Å². The van der Waals surface area contributed by atoms with Gasteiger partial charge >= 0.3 is 15.2 Å². The van der Waals surface area contributed by atoms with Crippen LogP contribution in [0.1, 0.15) is 254 Å². The summed E-state index contributed by atoms with van der Waals surface area (Å²) in [7, 11) is -14.7. The summed E-state index contributed by atoms with van der Waals surface area (Å²) in [4.78, 5) is 0. The van der Waals surface area contributed by atoms with Crippen LogP contribution in [0.2, 0.25) is 0 Å². The van der Waals surface area contributed by atoms with E-state index in [1.165, 1.54) is 0 Å². The van der Waals surface area contributed by atoms with E-state index < -0.39 is 34.9 Å². The highest BCUT2D eigenvalue weighted by molar-refractivity contribution is 7.80. The topological polar surface area (TPSA) is 105 Å². The highest BCUT2D eigenvalue weighted by Crippen LogP contribution is 2.63. The van der Waals surface area contributed by atoms with E-state index in [1.807, 2.05) is 0 Å². The summed E-state index contributed by atoms with van der Waals surface area (Å²) in [6.45, 7) is 35.4. The fourth-order valence-electron chi connectivity index (χ4n) is 11.7. The molecule has 428 valence electrons. The molecule has 1 spiro atoms. The summed E-state index contributed by atoms with van der Waals surface area (Å²) in [5.74, 6) is 1.24. The summed E-state index contributed by atoms with van der Waals surface area (Å²) in [6, 6.07) is 25.9. The number of hydrogen-bond donors (Lipinski definition) is 0. The van der Waals surface area contributed by atoms with Gasteiger partial charge in [0.1, 0.15) is 14.3 Å². The van der Waals surface area contributed by atoms with Gasteiger partial charge in [-0.1, -0.05) is 184 Å². The normalized spacial score (nSPS) is 24.7. The zero-order valence-electron chi connectivity index (χ0n) is 50.4. The lowest BCUT2D eigenvalue weighted by atomic mass is 9.91. The first-order valence-corrected chi connectivity index (χ1v) is 37.3. The van der Waals surface area contributed by atoms with E-state index in [0.717, 1.165) is 117 Å². The van der Waals surface area contributed by atoms with Crippen LogP contribution in [0.4, 0.5) is 0 Å². The molecule has 0 amide bonds. The third kappa shape index (κ3) is 13.4. The summed E-state index contributed by atoms with van der Waals surface area (Å²) in [6.07, 6.45) is 7.35. The molecule has 4 aromatic rings. The van der Waals surface area contributed by atoms with Crippen LogP contribution in [0.5, 0.6) is 0 Å². The zero-order valence-corrected chi connectivity index (χ0v) is 54.0. The maximum absolute atomic E-state index is 17.2. The Hall–Kier alpha value is -2.36. The third-order valence-electron chi connectivity index (χ3n) is 18.6. The molecule has 0 aromatic heterocycles. The SMILES string of the molecule is CCC(C)c1cccc(C(C)CC)c1P(=O)(CCP1(=O)OCC2(CO1)COP(=O)(CCP(=O)(c1c(C(C)CC)cccc1C(C)CC)c1c(C(C)CC)cccc1C(C)CC)OC2)c1c(C(C)CC)cccc1C(C)CC. The van der Waals surface area contributed by atoms with Gasteiger partial charge in [-0.2, -0.15) is 0 Å². The van der Waals surface area contributed by atoms with Crippen LogP contribution in [0.15, 0.2) is 72.8 Å². The number of rotatable bonds is 26. The van der Waals surface area contributed by atoms with E-state index in [9.17, 15) is 0 Å². The first-order chi connectivity index (χ1) is 36.5. The smallest absolute Gasteiger partial charge is 0.314 e. The fourth-order valence-corrected chi connectivity index (χ4v) is 25.4. The Kier molecular flexibility index (Phi) is 22.5. The van der Waals surface area contributed by atoms with Crippen molar-refractivity contribution in [3.63, 3.8) is 0 Å². The molecule has 12 heteroatoms. The molecule has 0 saturated carbocycles. The van der Waals surface area contributed by atoms with Gasteiger partial charge < -0.3 is 27.2 Å². The molecule has 2 aliphatic heterocycles. The second-order valence-electron chi connectivity index (χ2n) is 23.8. The van der Waals surface area contributed by atoms with E-state index >= 15 is 18.3 Å². The molecule has 8 unspecified atom stereocenters. The van der Waals surface area contributed by atoms with Gasteiger partial charge in [0.15, 0.2) is 0 Å². The molecule has 2 saturated heterocycles. The lowest BCUT2D eigenvalue weighted by Crippen LogP contribution is -2.46. The standard InChI is InChI=1S/C65H100O8P4/c1-17-45(9)53-29-25-30-54(46(10)18-2)61(53)74(66,62-55(47(11)19-3)31-26-32-56(62)48(12)20-4)37-39-76(68)70-41-65(42-71-76)43-72-77(69,73-44-65)40-38-75(67,63-57(49(13)21-5)33-27-34-58(63)50(14)22-6)64-59(51(15)23-7)35-28-36-60(64)52(16)24-8/h25-36,45-52H,17-24,37-44H2,1-16H3. The average molecular weight is 1130 g/mol. The van der Waals surface area contributed by atoms with Crippen LogP contribution in [0.25, 0.3) is 0 Å². The first kappa shape index (κ1) is 63.8. The van der Waals surface area contributed by atoms with Crippen LogP contribution in [0.3, 0.4) is 0 Å². The molecule has 2 aliphatic rings. The third-order valence-corrected chi connectivity index (χ3v) is 29.6. The summed E-state index contributed by atoms with van der Waals surface area (Å²) in [5, 5.41) is 3.71. The molecule has 8 nitrogen and oxygen atoms in total. The van der Waals surface area contributed by atoms with Gasteiger partial charge in [0.05, 0.1) is 44.2 Å². The fraction of sp³-hybridized carbons (Fsp3) is 0.631. The average Bonchev–Trinajstić information content (AvgIpc) is 3.51. The van der Waals surface area contributed by atoms with Crippen LogP contribution >= 0.6 is 29.5 Å². The molecule has 77 heavy (non-hydrogen) atoms. The van der Waals surface area contributed by atoms with Gasteiger partial charge in [-0.3, -0.25) is 9.13 Å². The van der Waals surface area contributed by atoms with Crippen molar-refractivity contribution in [2.24, 2.45) is 5.41 Å². The van der Waals surface area contributed by atoms with E-state index in [0.29, 0.717) is 0 Å². The van der Waals surface area contributed by atoms with Crippen LogP contribution in [-0.4, -0.2) is 51.1 Å². The molecular weight excluding hydrogens is 1030 g/mol. The van der Waals surface area contributed by atoms with Gasteiger partial charge in [0, 0.05) is 33.5 Å². The molecule has 4 aromatic carbocycles. The predicted octanol–water partition coefficient (Wildman–Crippen LogP) is 18.6. The number of hydrogen-bond acceptors (Lipinski definition) is 8. The molecular formula is C65H100O8P4. The maximum Gasteiger partial charge on any atom is 0.331 e. The summed E-state index contributed by atoms with van der Waals surface area (Å²) >= 11 is 0. The summed E-state index contributed by atoms with van der Waals surface area (Å²) in [5.41, 5.74) is 7.98. The zero-order chi connectivity index (χ0) is 56.7. The molecule has 2 heterocycles. The molecule has 0 bridgehead atoms. The van der Waals surface area contributed by atoms with Crippen LogP contribution in [-0.2, 0) is 36.4 Å². The Morgan fingerprint density at radius 1 is 0.364 bits per heavy atom. The molecule has 8 atom stereocenters. The van der Waals surface area contributed by atoms with Crippen molar-refractivity contribution < 1.29 is 36.4 Å². The predicted molar refractivity (Wildman–Crippen MR) is 330 cm³/mol. The van der Waals surface area contributed by atoms with Gasteiger partial charge in [-0.15, -0.1) is 0 Å². The molecule has 0 N–H and O–H groups in total. The van der Waals surface area contributed by atoms with Crippen molar-refractivity contribution in [2.45, 2.75) is 209 Å². The molecule has 6 rings (SSSR count). The Morgan fingerprint density at radius 2 is 0.532 bits per heavy atom. The van der Waals surface area contributed by atoms with Gasteiger partial charge in [0.25, 0.3) is 0 Å². The largest absolute Gasteiger partial charge is 0.331 e. The summed E-state index contributed by atoms with van der Waals surface area (Å²) < 4.78 is 90.3. The van der Waals surface area contributed by atoms with Gasteiger partial charge in [0.2, 0.25) is 0 Å². The van der Waals surface area contributed by atoms with Crippen molar-refractivity contribution in [3.8, 4) is 0 Å². The van der Waals surface area contributed by atoms with E-state index in [1.54, 1.807) is 0 Å². The molecule has 2 fully saturated rings. The van der Waals surface area contributed by atoms with Crippen molar-refractivity contribution in [1.82, 2.24) is 0 Å². The Balaban J connectivity index is 1.34. The monoisotopic (exact) mass is 1130 g/mol. The molecule has 0 radical (unpaired) electrons. The van der Waals surface area contributed by atoms with E-state index in [4.69, 9.17) is 18.1 Å². The van der Waals surface area contributed by atoms with Crippen LogP contribution in [0, 0.1) is 5.41 Å². The van der Waals surface area contributed by atoms with Gasteiger partial charge in [-0.05, 0) is 143 Å². The lowest BCUT2D eigenvalue weighted by Gasteiger charge is -2.43. The first-order valence-electron chi connectivity index (χ1n) is 30.0. The minimum atomic E-state index is -3.81. The highest BCUT2D eigenvalue weighted by atomic mass is 31.2. The number of benzene rings is 4. The quantitative estimate of drug-likeness (QED) is 0.0573. The van der Waals surface area contributed by atoms with Crippen molar-refractivity contribution in [1.29, 1.82) is 0 Å². The maximum atomic E-state index is 17.2. The molecule has 0 aliphatic carbocycles. The van der Waals surface area contributed by atoms with Crippen LogP contribution < -0.4 is 21.2 Å². The Labute approximate surface area is 468 Å². The van der Waals surface area contributed by atoms with Gasteiger partial charge in [-0.25, -0.2) is 0 Å². The van der Waals surface area contributed by atoms with E-state index in [-0.39, 0.29) is 98.4 Å². The minimum Gasteiger partial charge on any atom is -0.314 e. The highest BCUT2D eigenvalue weighted by Gasteiger charge is 2.51.